The van der Waals surface area contributed by atoms with Crippen molar-refractivity contribution >= 4 is 24.1 Å². The van der Waals surface area contributed by atoms with Crippen LogP contribution in [-0.2, 0) is 0 Å². The van der Waals surface area contributed by atoms with Crippen LogP contribution in [-0.4, -0.2) is 41.8 Å². The highest BCUT2D eigenvalue weighted by molar-refractivity contribution is 7.71. The third-order valence-corrected chi connectivity index (χ3v) is 4.23. The molecule has 1 heterocycles. The Labute approximate surface area is 164 Å². The summed E-state index contributed by atoms with van der Waals surface area (Å²) in [7, 11) is 4.02. The van der Waals surface area contributed by atoms with E-state index in [0.29, 0.717) is 17.2 Å². The number of ether oxygens (including phenoxy) is 1. The van der Waals surface area contributed by atoms with Gasteiger partial charge in [-0.2, -0.15) is 14.9 Å². The second-order valence-electron chi connectivity index (χ2n) is 6.27. The van der Waals surface area contributed by atoms with Crippen molar-refractivity contribution in [3.8, 4) is 17.1 Å². The first kappa shape index (κ1) is 18.8. The normalized spacial score (nSPS) is 11.1. The molecular weight excluding hydrogens is 358 g/mol. The second kappa shape index (κ2) is 8.64. The molecule has 6 nitrogen and oxygen atoms in total. The molecule has 7 heteroatoms. The molecule has 0 atom stereocenters. The maximum Gasteiger partial charge on any atom is 0.216 e. The van der Waals surface area contributed by atoms with Crippen LogP contribution in [0.1, 0.15) is 18.9 Å². The molecule has 3 aromatic rings. The largest absolute Gasteiger partial charge is 0.494 e. The molecular formula is C20H23N5OS. The summed E-state index contributed by atoms with van der Waals surface area (Å²) in [4.78, 5) is 2.05. The van der Waals surface area contributed by atoms with E-state index < -0.39 is 0 Å². The van der Waals surface area contributed by atoms with E-state index in [4.69, 9.17) is 17.0 Å². The average molecular weight is 382 g/mol. The zero-order valence-corrected chi connectivity index (χ0v) is 16.5. The van der Waals surface area contributed by atoms with Crippen LogP contribution in [0.3, 0.4) is 0 Å². The van der Waals surface area contributed by atoms with Crippen LogP contribution in [0.5, 0.6) is 5.75 Å². The molecule has 0 aliphatic heterocycles. The summed E-state index contributed by atoms with van der Waals surface area (Å²) in [6, 6.07) is 15.9. The summed E-state index contributed by atoms with van der Waals surface area (Å²) in [6.45, 7) is 2.80. The van der Waals surface area contributed by atoms with Crippen LogP contribution in [0.2, 0.25) is 0 Å². The van der Waals surface area contributed by atoms with E-state index >= 15 is 0 Å². The molecule has 0 fully saturated rings. The minimum atomic E-state index is 0.445. The Kier molecular flexibility index (Phi) is 6.03. The Morgan fingerprint density at radius 1 is 1.15 bits per heavy atom. The van der Waals surface area contributed by atoms with Crippen molar-refractivity contribution in [2.45, 2.75) is 13.3 Å². The fourth-order valence-electron chi connectivity index (χ4n) is 2.49. The zero-order valence-electron chi connectivity index (χ0n) is 15.7. The average Bonchev–Trinajstić information content (AvgIpc) is 3.06. The van der Waals surface area contributed by atoms with E-state index in [0.717, 1.165) is 29.0 Å². The Bertz CT molecular complexity index is 955. The van der Waals surface area contributed by atoms with E-state index in [-0.39, 0.29) is 0 Å². The number of hydrogen-bond donors (Lipinski definition) is 1. The van der Waals surface area contributed by atoms with E-state index in [1.165, 1.54) is 0 Å². The van der Waals surface area contributed by atoms with Crippen LogP contribution in [0, 0.1) is 4.77 Å². The Balaban J connectivity index is 1.82. The smallest absolute Gasteiger partial charge is 0.216 e. The summed E-state index contributed by atoms with van der Waals surface area (Å²) < 4.78 is 7.67. The molecule has 0 amide bonds. The number of nitrogens with zero attached hydrogens (tertiary/aromatic N) is 4. The summed E-state index contributed by atoms with van der Waals surface area (Å²) in [5.74, 6) is 1.53. The van der Waals surface area contributed by atoms with Crippen LogP contribution in [0.25, 0.3) is 11.4 Å². The van der Waals surface area contributed by atoms with Gasteiger partial charge in [0, 0.05) is 25.3 Å². The molecule has 0 unspecified atom stereocenters. The summed E-state index contributed by atoms with van der Waals surface area (Å²) in [5.41, 5.74) is 3.01. The van der Waals surface area contributed by atoms with Gasteiger partial charge in [0.2, 0.25) is 4.77 Å². The molecule has 0 radical (unpaired) electrons. The van der Waals surface area contributed by atoms with Gasteiger partial charge in [-0.05, 0) is 72.7 Å². The lowest BCUT2D eigenvalue weighted by Crippen LogP contribution is -2.08. The predicted octanol–water partition coefficient (Wildman–Crippen LogP) is 4.34. The number of nitrogens with one attached hydrogen (secondary N) is 1. The van der Waals surface area contributed by atoms with Gasteiger partial charge in [-0.1, -0.05) is 6.92 Å². The molecule has 0 aliphatic carbocycles. The maximum atomic E-state index is 5.60. The SMILES string of the molecule is CCCOc1ccc(C=Nn2c(-c3ccc(N(C)C)cc3)n[nH]c2=S)cc1. The molecule has 2 aromatic carbocycles. The lowest BCUT2D eigenvalue weighted by molar-refractivity contribution is 0.317. The number of benzene rings is 2. The van der Waals surface area contributed by atoms with Crippen molar-refractivity contribution in [3.05, 3.63) is 58.9 Å². The quantitative estimate of drug-likeness (QED) is 0.488. The van der Waals surface area contributed by atoms with Crippen molar-refractivity contribution in [1.82, 2.24) is 14.9 Å². The molecule has 0 saturated heterocycles. The fraction of sp³-hybridized carbons (Fsp3) is 0.250. The van der Waals surface area contributed by atoms with Gasteiger partial charge in [-0.15, -0.1) is 0 Å². The number of anilines is 1. The first-order valence-electron chi connectivity index (χ1n) is 8.81. The van der Waals surface area contributed by atoms with Gasteiger partial charge in [0.15, 0.2) is 5.82 Å². The van der Waals surface area contributed by atoms with Crippen molar-refractivity contribution in [2.75, 3.05) is 25.6 Å². The molecule has 0 spiro atoms. The van der Waals surface area contributed by atoms with E-state index in [9.17, 15) is 0 Å². The first-order chi connectivity index (χ1) is 13.1. The molecule has 27 heavy (non-hydrogen) atoms. The molecule has 0 saturated carbocycles. The van der Waals surface area contributed by atoms with Crippen LogP contribution >= 0.6 is 12.2 Å². The van der Waals surface area contributed by atoms with Gasteiger partial charge >= 0.3 is 0 Å². The van der Waals surface area contributed by atoms with Gasteiger partial charge in [0.25, 0.3) is 0 Å². The minimum absolute atomic E-state index is 0.445. The maximum absolute atomic E-state index is 5.60. The third-order valence-electron chi connectivity index (χ3n) is 3.97. The van der Waals surface area contributed by atoms with Crippen molar-refractivity contribution in [1.29, 1.82) is 0 Å². The van der Waals surface area contributed by atoms with E-state index in [2.05, 4.69) is 22.2 Å². The lowest BCUT2D eigenvalue weighted by Gasteiger charge is -2.12. The third kappa shape index (κ3) is 4.62. The number of aromatic amines is 1. The molecule has 1 aromatic heterocycles. The van der Waals surface area contributed by atoms with Gasteiger partial charge in [-0.3, -0.25) is 0 Å². The Morgan fingerprint density at radius 3 is 2.48 bits per heavy atom. The van der Waals surface area contributed by atoms with Crippen LogP contribution in [0.15, 0.2) is 53.6 Å². The Hall–Kier alpha value is -2.93. The number of H-pyrrole nitrogens is 1. The highest BCUT2D eigenvalue weighted by Gasteiger charge is 2.08. The van der Waals surface area contributed by atoms with Crippen molar-refractivity contribution in [3.63, 3.8) is 0 Å². The van der Waals surface area contributed by atoms with Crippen molar-refractivity contribution in [2.24, 2.45) is 5.10 Å². The molecule has 1 N–H and O–H groups in total. The van der Waals surface area contributed by atoms with Gasteiger partial charge in [0.05, 0.1) is 12.8 Å². The first-order valence-corrected chi connectivity index (χ1v) is 9.21. The summed E-state index contributed by atoms with van der Waals surface area (Å²) >= 11 is 5.33. The van der Waals surface area contributed by atoms with Gasteiger partial charge in [-0.25, -0.2) is 5.10 Å². The van der Waals surface area contributed by atoms with Gasteiger partial charge < -0.3 is 9.64 Å². The zero-order chi connectivity index (χ0) is 19.2. The summed E-state index contributed by atoms with van der Waals surface area (Å²) in [5, 5.41) is 11.6. The standard InChI is InChI=1S/C20H23N5OS/c1-4-13-26-18-11-5-15(6-12-18)14-21-25-19(22-23-20(25)27)16-7-9-17(10-8-16)24(2)3/h5-12,14H,4,13H2,1-3H3,(H,23,27). The fourth-order valence-corrected chi connectivity index (χ4v) is 2.67. The van der Waals surface area contributed by atoms with Crippen LogP contribution < -0.4 is 9.64 Å². The van der Waals surface area contributed by atoms with Crippen molar-refractivity contribution < 1.29 is 4.74 Å². The second-order valence-corrected chi connectivity index (χ2v) is 6.65. The van der Waals surface area contributed by atoms with E-state index in [1.807, 2.05) is 67.5 Å². The van der Waals surface area contributed by atoms with E-state index in [1.54, 1.807) is 10.9 Å². The monoisotopic (exact) mass is 381 g/mol. The number of hydrogen-bond acceptors (Lipinski definition) is 5. The lowest BCUT2D eigenvalue weighted by atomic mass is 10.2. The Morgan fingerprint density at radius 2 is 1.85 bits per heavy atom. The van der Waals surface area contributed by atoms with Gasteiger partial charge in [0.1, 0.15) is 5.75 Å². The molecule has 140 valence electrons. The number of aromatic nitrogens is 3. The van der Waals surface area contributed by atoms with Crippen LogP contribution in [0.4, 0.5) is 5.69 Å². The molecule has 0 bridgehead atoms. The molecule has 0 aliphatic rings. The molecule has 3 rings (SSSR count). The number of rotatable bonds is 7. The summed E-state index contributed by atoms with van der Waals surface area (Å²) in [6.07, 6.45) is 2.74. The highest BCUT2D eigenvalue weighted by Crippen LogP contribution is 2.21. The highest BCUT2D eigenvalue weighted by atomic mass is 32.1. The topological polar surface area (TPSA) is 58.4 Å². The minimum Gasteiger partial charge on any atom is -0.494 e. The predicted molar refractivity (Wildman–Crippen MR) is 112 cm³/mol.